The molecule has 1 aliphatic carbocycles. The van der Waals surface area contributed by atoms with Crippen LogP contribution in [0.5, 0.6) is 5.75 Å². The Kier molecular flexibility index (Phi) is 6.29. The van der Waals surface area contributed by atoms with Gasteiger partial charge in [0.1, 0.15) is 5.75 Å². The molecule has 0 atom stereocenters. The molecule has 0 saturated heterocycles. The number of benzene rings is 2. The van der Waals surface area contributed by atoms with E-state index >= 15 is 0 Å². The number of halogens is 1. The Morgan fingerprint density at radius 3 is 2.30 bits per heavy atom. The normalized spacial score (nSPS) is 13.7. The molecule has 1 aromatic heterocycles. The van der Waals surface area contributed by atoms with Crippen LogP contribution < -0.4 is 4.74 Å². The molecule has 0 saturated carbocycles. The third-order valence-electron chi connectivity index (χ3n) is 6.44. The minimum atomic E-state index is 0.0357. The highest BCUT2D eigenvalue weighted by atomic mass is 79.9. The Balaban J connectivity index is 1.95. The second kappa shape index (κ2) is 8.93. The number of aromatic nitrogens is 1. The third kappa shape index (κ3) is 3.58. The number of pyridine rings is 1. The number of ether oxygens (including phenoxy) is 1. The van der Waals surface area contributed by atoms with Crippen molar-refractivity contribution in [2.75, 3.05) is 7.11 Å². The number of rotatable bonds is 8. The van der Waals surface area contributed by atoms with Crippen LogP contribution in [0.2, 0.25) is 0 Å². The topological polar surface area (TPSA) is 22.1 Å². The maximum Gasteiger partial charge on any atom is 0.128 e. The zero-order valence-corrected chi connectivity index (χ0v) is 19.8. The van der Waals surface area contributed by atoms with Crippen LogP contribution in [0.15, 0.2) is 59.1 Å². The molecule has 30 heavy (non-hydrogen) atoms. The van der Waals surface area contributed by atoms with E-state index in [9.17, 15) is 0 Å². The van der Waals surface area contributed by atoms with Gasteiger partial charge in [0.15, 0.2) is 0 Å². The van der Waals surface area contributed by atoms with Crippen LogP contribution in [0.3, 0.4) is 0 Å². The molecule has 0 N–H and O–H groups in total. The molecule has 0 unspecified atom stereocenters. The quantitative estimate of drug-likeness (QED) is 0.335. The number of methoxy groups -OCH3 is 1. The molecule has 156 valence electrons. The van der Waals surface area contributed by atoms with Gasteiger partial charge in [-0.25, -0.2) is 4.98 Å². The highest BCUT2D eigenvalue weighted by Gasteiger charge is 2.44. The summed E-state index contributed by atoms with van der Waals surface area (Å²) in [5.41, 5.74) is 7.25. The second-order valence-electron chi connectivity index (χ2n) is 8.28. The Bertz CT molecular complexity index is 1030. The standard InChI is InChI=1S/C27H30BrNO/c1-4-6-16-27(17-7-5-2)21-12-9-13-24(30-3)25(21)26-22(27)14-15-23(29-26)19-10-8-11-20(28)18-19/h8-15,18H,4-7,16-17H2,1-3H3. The van der Waals surface area contributed by atoms with Crippen LogP contribution in [-0.4, -0.2) is 12.1 Å². The van der Waals surface area contributed by atoms with Crippen LogP contribution in [0.1, 0.15) is 63.5 Å². The van der Waals surface area contributed by atoms with Crippen LogP contribution in [0.4, 0.5) is 0 Å². The summed E-state index contributed by atoms with van der Waals surface area (Å²) in [6.45, 7) is 4.56. The summed E-state index contributed by atoms with van der Waals surface area (Å²) < 4.78 is 6.90. The van der Waals surface area contributed by atoms with Gasteiger partial charge in [-0.15, -0.1) is 0 Å². The summed E-state index contributed by atoms with van der Waals surface area (Å²) in [6, 6.07) is 19.4. The van der Waals surface area contributed by atoms with Crippen LogP contribution in [0.25, 0.3) is 22.5 Å². The molecule has 1 aliphatic rings. The highest BCUT2D eigenvalue weighted by molar-refractivity contribution is 9.10. The number of hydrogen-bond acceptors (Lipinski definition) is 2. The van der Waals surface area contributed by atoms with E-state index in [-0.39, 0.29) is 5.41 Å². The number of nitrogens with zero attached hydrogens (tertiary/aromatic N) is 1. The van der Waals surface area contributed by atoms with Crippen molar-refractivity contribution in [2.24, 2.45) is 0 Å². The van der Waals surface area contributed by atoms with E-state index in [0.29, 0.717) is 0 Å². The van der Waals surface area contributed by atoms with Crippen molar-refractivity contribution in [3.8, 4) is 28.3 Å². The van der Waals surface area contributed by atoms with Gasteiger partial charge in [0.25, 0.3) is 0 Å². The Labute approximate surface area is 188 Å². The van der Waals surface area contributed by atoms with E-state index < -0.39 is 0 Å². The molecule has 2 aromatic carbocycles. The van der Waals surface area contributed by atoms with E-state index in [4.69, 9.17) is 9.72 Å². The smallest absolute Gasteiger partial charge is 0.128 e. The molecule has 1 heterocycles. The summed E-state index contributed by atoms with van der Waals surface area (Å²) >= 11 is 3.60. The monoisotopic (exact) mass is 463 g/mol. The molecule has 0 radical (unpaired) electrons. The number of fused-ring (bicyclic) bond motifs is 3. The maximum atomic E-state index is 5.83. The van der Waals surface area contributed by atoms with Crippen molar-refractivity contribution in [2.45, 2.75) is 57.8 Å². The van der Waals surface area contributed by atoms with Gasteiger partial charge < -0.3 is 4.74 Å². The maximum absolute atomic E-state index is 5.83. The van der Waals surface area contributed by atoms with Crippen LogP contribution in [0, 0.1) is 0 Å². The van der Waals surface area contributed by atoms with Crippen molar-refractivity contribution < 1.29 is 4.74 Å². The fraction of sp³-hybridized carbons (Fsp3) is 0.370. The first-order valence-electron chi connectivity index (χ1n) is 11.1. The van der Waals surface area contributed by atoms with Gasteiger partial charge in [0, 0.05) is 21.0 Å². The lowest BCUT2D eigenvalue weighted by atomic mass is 9.71. The van der Waals surface area contributed by atoms with Crippen LogP contribution >= 0.6 is 15.9 Å². The first-order chi connectivity index (χ1) is 14.6. The molecular formula is C27H30BrNO. The Hall–Kier alpha value is -2.13. The van der Waals surface area contributed by atoms with Gasteiger partial charge in [-0.3, -0.25) is 0 Å². The molecule has 4 rings (SSSR count). The fourth-order valence-electron chi connectivity index (χ4n) is 4.95. The molecule has 3 aromatic rings. The predicted molar refractivity (Wildman–Crippen MR) is 129 cm³/mol. The van der Waals surface area contributed by atoms with Crippen molar-refractivity contribution >= 4 is 15.9 Å². The molecular weight excluding hydrogens is 434 g/mol. The largest absolute Gasteiger partial charge is 0.496 e. The lowest BCUT2D eigenvalue weighted by Crippen LogP contribution is -2.25. The number of unbranched alkanes of at least 4 members (excludes halogenated alkanes) is 2. The second-order valence-corrected chi connectivity index (χ2v) is 9.19. The van der Waals surface area contributed by atoms with E-state index in [0.717, 1.165) is 40.0 Å². The molecule has 0 bridgehead atoms. The minimum Gasteiger partial charge on any atom is -0.496 e. The molecule has 0 fully saturated rings. The lowest BCUT2D eigenvalue weighted by molar-refractivity contribution is 0.405. The van der Waals surface area contributed by atoms with Crippen molar-refractivity contribution in [1.29, 1.82) is 0 Å². The first kappa shape index (κ1) is 21.1. The summed E-state index contributed by atoms with van der Waals surface area (Å²) in [5.74, 6) is 0.933. The van der Waals surface area contributed by atoms with Gasteiger partial charge in [-0.05, 0) is 48.2 Å². The first-order valence-corrected chi connectivity index (χ1v) is 11.9. The fourth-order valence-corrected chi connectivity index (χ4v) is 5.35. The molecule has 2 nitrogen and oxygen atoms in total. The van der Waals surface area contributed by atoms with Gasteiger partial charge in [-0.2, -0.15) is 0 Å². The average molecular weight is 464 g/mol. The van der Waals surface area contributed by atoms with Gasteiger partial charge in [0.05, 0.1) is 18.5 Å². The van der Waals surface area contributed by atoms with Crippen molar-refractivity contribution in [3.63, 3.8) is 0 Å². The minimum absolute atomic E-state index is 0.0357. The van der Waals surface area contributed by atoms with E-state index in [1.54, 1.807) is 7.11 Å². The summed E-state index contributed by atoms with van der Waals surface area (Å²) in [6.07, 6.45) is 7.15. The Morgan fingerprint density at radius 1 is 0.900 bits per heavy atom. The predicted octanol–water partition coefficient (Wildman–Crippen LogP) is 8.17. The van der Waals surface area contributed by atoms with Gasteiger partial charge in [0.2, 0.25) is 0 Å². The van der Waals surface area contributed by atoms with Gasteiger partial charge in [-0.1, -0.05) is 85.8 Å². The van der Waals surface area contributed by atoms with E-state index in [2.05, 4.69) is 84.4 Å². The molecule has 0 aliphatic heterocycles. The highest BCUT2D eigenvalue weighted by Crippen LogP contribution is 2.56. The van der Waals surface area contributed by atoms with Gasteiger partial charge >= 0.3 is 0 Å². The van der Waals surface area contributed by atoms with E-state index in [1.165, 1.54) is 42.4 Å². The zero-order valence-electron chi connectivity index (χ0n) is 18.2. The van der Waals surface area contributed by atoms with Crippen molar-refractivity contribution in [3.05, 3.63) is 70.2 Å². The Morgan fingerprint density at radius 2 is 1.63 bits per heavy atom. The summed E-state index contributed by atoms with van der Waals surface area (Å²) in [4.78, 5) is 5.23. The average Bonchev–Trinajstić information content (AvgIpc) is 3.06. The van der Waals surface area contributed by atoms with E-state index in [1.807, 2.05) is 0 Å². The molecule has 0 amide bonds. The third-order valence-corrected chi connectivity index (χ3v) is 6.94. The summed E-state index contributed by atoms with van der Waals surface area (Å²) in [7, 11) is 1.77. The molecule has 3 heteroatoms. The van der Waals surface area contributed by atoms with Crippen LogP contribution in [-0.2, 0) is 5.41 Å². The number of hydrogen-bond donors (Lipinski definition) is 0. The van der Waals surface area contributed by atoms with Crippen molar-refractivity contribution in [1.82, 2.24) is 4.98 Å². The summed E-state index contributed by atoms with van der Waals surface area (Å²) in [5, 5.41) is 0. The molecule has 0 spiro atoms. The zero-order chi connectivity index (χ0) is 21.1. The SMILES string of the molecule is CCCCC1(CCCC)c2ccc(-c3cccc(Br)c3)nc2-c2c(OC)cccc21. The lowest BCUT2D eigenvalue weighted by Gasteiger charge is -2.32.